The monoisotopic (exact) mass is 384 g/mol. The molecule has 2 aromatic carbocycles. The zero-order valence-electron chi connectivity index (χ0n) is 15.2. The molecule has 9 heteroatoms. The molecule has 0 atom stereocenters. The minimum Gasteiger partial charge on any atom is -0.490 e. The molecule has 0 aliphatic rings. The third kappa shape index (κ3) is 6.45. The van der Waals surface area contributed by atoms with E-state index in [1.165, 1.54) is 6.21 Å². The Morgan fingerprint density at radius 2 is 1.82 bits per heavy atom. The van der Waals surface area contributed by atoms with Gasteiger partial charge in [-0.05, 0) is 42.8 Å². The highest BCUT2D eigenvalue weighted by atomic mass is 16.5. The molecule has 146 valence electrons. The van der Waals surface area contributed by atoms with Crippen LogP contribution in [0.25, 0.3) is 0 Å². The lowest BCUT2D eigenvalue weighted by Gasteiger charge is -2.12. The molecule has 0 aliphatic heterocycles. The molecule has 0 bridgehead atoms. The number of nitrogens with one attached hydrogen (secondary N) is 2. The number of nitrogens with zero attached hydrogens (tertiary/aromatic N) is 1. The highest BCUT2D eigenvalue weighted by molar-refractivity contribution is 6.34. The van der Waals surface area contributed by atoms with E-state index in [0.717, 1.165) is 0 Å². The summed E-state index contributed by atoms with van der Waals surface area (Å²) in [7, 11) is 0. The SMILES string of the molecule is CCOc1cc(/C=N\NC(=O)C(N)=O)ccc1OCC(=O)Nc1ccccc1. The molecule has 0 aliphatic carbocycles. The molecule has 0 heterocycles. The van der Waals surface area contributed by atoms with Crippen LogP contribution in [0.5, 0.6) is 11.5 Å². The van der Waals surface area contributed by atoms with Gasteiger partial charge in [0.15, 0.2) is 18.1 Å². The van der Waals surface area contributed by atoms with Gasteiger partial charge in [0.2, 0.25) is 0 Å². The van der Waals surface area contributed by atoms with Gasteiger partial charge in [0, 0.05) is 5.69 Å². The number of nitrogens with two attached hydrogens (primary N) is 1. The van der Waals surface area contributed by atoms with E-state index in [1.54, 1.807) is 37.3 Å². The number of rotatable bonds is 8. The van der Waals surface area contributed by atoms with Crippen molar-refractivity contribution in [2.24, 2.45) is 10.8 Å². The van der Waals surface area contributed by atoms with E-state index in [-0.39, 0.29) is 12.5 Å². The van der Waals surface area contributed by atoms with Crippen LogP contribution < -0.4 is 25.9 Å². The fraction of sp³-hybridized carbons (Fsp3) is 0.158. The maximum absolute atomic E-state index is 12.0. The second kappa shape index (κ2) is 10.3. The first-order valence-electron chi connectivity index (χ1n) is 8.37. The largest absolute Gasteiger partial charge is 0.490 e. The number of anilines is 1. The summed E-state index contributed by atoms with van der Waals surface area (Å²) in [4.78, 5) is 33.7. The van der Waals surface area contributed by atoms with Crippen LogP contribution in [0.4, 0.5) is 5.69 Å². The molecule has 0 saturated heterocycles. The maximum atomic E-state index is 12.0. The number of hydrogen-bond acceptors (Lipinski definition) is 6. The summed E-state index contributed by atoms with van der Waals surface area (Å²) in [5.74, 6) is -1.69. The zero-order valence-corrected chi connectivity index (χ0v) is 15.2. The van der Waals surface area contributed by atoms with E-state index in [2.05, 4.69) is 10.4 Å². The van der Waals surface area contributed by atoms with Gasteiger partial charge in [-0.15, -0.1) is 0 Å². The van der Waals surface area contributed by atoms with Crippen LogP contribution in [0.1, 0.15) is 12.5 Å². The van der Waals surface area contributed by atoms with Gasteiger partial charge in [0.1, 0.15) is 0 Å². The van der Waals surface area contributed by atoms with E-state index in [1.807, 2.05) is 23.6 Å². The molecule has 0 unspecified atom stereocenters. The molecule has 4 N–H and O–H groups in total. The van der Waals surface area contributed by atoms with E-state index in [0.29, 0.717) is 29.4 Å². The van der Waals surface area contributed by atoms with E-state index < -0.39 is 11.8 Å². The highest BCUT2D eigenvalue weighted by Gasteiger charge is 2.10. The smallest absolute Gasteiger partial charge is 0.329 e. The van der Waals surface area contributed by atoms with Crippen molar-refractivity contribution in [2.75, 3.05) is 18.5 Å². The predicted octanol–water partition coefficient (Wildman–Crippen LogP) is 1.04. The van der Waals surface area contributed by atoms with Crippen molar-refractivity contribution in [3.8, 4) is 11.5 Å². The summed E-state index contributed by atoms with van der Waals surface area (Å²) in [6, 6.07) is 13.9. The van der Waals surface area contributed by atoms with Gasteiger partial charge in [-0.1, -0.05) is 18.2 Å². The fourth-order valence-electron chi connectivity index (χ4n) is 2.07. The van der Waals surface area contributed by atoms with Crippen molar-refractivity contribution in [1.29, 1.82) is 0 Å². The predicted molar refractivity (Wildman–Crippen MR) is 103 cm³/mol. The average Bonchev–Trinajstić information content (AvgIpc) is 2.68. The standard InChI is InChI=1S/C19H20N4O5/c1-2-27-16-10-13(11-21-23-19(26)18(20)25)8-9-15(16)28-12-17(24)22-14-6-4-3-5-7-14/h3-11H,2,12H2,1H3,(H2,20,25)(H,22,24)(H,23,26)/b21-11-. The molecular weight excluding hydrogens is 364 g/mol. The van der Waals surface area contributed by atoms with Crippen molar-refractivity contribution in [3.05, 3.63) is 54.1 Å². The van der Waals surface area contributed by atoms with Crippen molar-refractivity contribution in [3.63, 3.8) is 0 Å². The van der Waals surface area contributed by atoms with Gasteiger partial charge in [0.05, 0.1) is 12.8 Å². The third-order valence-electron chi connectivity index (χ3n) is 3.29. The minimum atomic E-state index is -1.13. The van der Waals surface area contributed by atoms with Crippen molar-refractivity contribution in [2.45, 2.75) is 6.92 Å². The second-order valence-electron chi connectivity index (χ2n) is 5.41. The van der Waals surface area contributed by atoms with Gasteiger partial charge in [-0.25, -0.2) is 5.43 Å². The topological polar surface area (TPSA) is 132 Å². The number of amides is 3. The minimum absolute atomic E-state index is 0.197. The summed E-state index contributed by atoms with van der Waals surface area (Å²) >= 11 is 0. The Bertz CT molecular complexity index is 868. The van der Waals surface area contributed by atoms with Crippen LogP contribution in [0, 0.1) is 0 Å². The van der Waals surface area contributed by atoms with E-state index >= 15 is 0 Å². The Balaban J connectivity index is 1.99. The van der Waals surface area contributed by atoms with Crippen LogP contribution in [-0.2, 0) is 14.4 Å². The normalized spacial score (nSPS) is 10.3. The molecule has 0 radical (unpaired) electrons. The maximum Gasteiger partial charge on any atom is 0.329 e. The zero-order chi connectivity index (χ0) is 20.4. The molecule has 0 spiro atoms. The fourth-order valence-corrected chi connectivity index (χ4v) is 2.07. The van der Waals surface area contributed by atoms with Gasteiger partial charge in [-0.3, -0.25) is 14.4 Å². The van der Waals surface area contributed by atoms with E-state index in [9.17, 15) is 14.4 Å². The summed E-state index contributed by atoms with van der Waals surface area (Å²) < 4.78 is 11.1. The number of primary amides is 1. The Hall–Kier alpha value is -3.88. The number of hydrazone groups is 1. The number of carbonyl (C=O) groups excluding carboxylic acids is 3. The summed E-state index contributed by atoms with van der Waals surface area (Å²) in [6.45, 7) is 1.99. The molecular formula is C19H20N4O5. The lowest BCUT2D eigenvalue weighted by Crippen LogP contribution is -2.32. The second-order valence-corrected chi connectivity index (χ2v) is 5.41. The molecule has 0 fully saturated rings. The summed E-state index contributed by atoms with van der Waals surface area (Å²) in [5.41, 5.74) is 8.05. The Morgan fingerprint density at radius 3 is 2.50 bits per heavy atom. The first-order valence-corrected chi connectivity index (χ1v) is 8.37. The first kappa shape index (κ1) is 20.4. The Labute approximate surface area is 161 Å². The summed E-state index contributed by atoms with van der Waals surface area (Å²) in [5, 5.41) is 6.35. The van der Waals surface area contributed by atoms with Crippen molar-refractivity contribution in [1.82, 2.24) is 5.43 Å². The van der Waals surface area contributed by atoms with Gasteiger partial charge in [-0.2, -0.15) is 5.10 Å². The van der Waals surface area contributed by atoms with Crippen LogP contribution in [0.15, 0.2) is 53.6 Å². The number of benzene rings is 2. The van der Waals surface area contributed by atoms with Crippen molar-refractivity contribution < 1.29 is 23.9 Å². The van der Waals surface area contributed by atoms with Crippen LogP contribution in [0.3, 0.4) is 0 Å². The van der Waals surface area contributed by atoms with Gasteiger partial charge >= 0.3 is 11.8 Å². The average molecular weight is 384 g/mol. The first-order chi connectivity index (χ1) is 13.5. The quantitative estimate of drug-likeness (QED) is 0.355. The lowest BCUT2D eigenvalue weighted by atomic mass is 10.2. The Morgan fingerprint density at radius 1 is 1.07 bits per heavy atom. The molecule has 0 saturated carbocycles. The molecule has 0 aromatic heterocycles. The van der Waals surface area contributed by atoms with Crippen LogP contribution >= 0.6 is 0 Å². The van der Waals surface area contributed by atoms with Crippen LogP contribution in [0.2, 0.25) is 0 Å². The number of hydrogen-bond donors (Lipinski definition) is 3. The molecule has 9 nitrogen and oxygen atoms in total. The van der Waals surface area contributed by atoms with Gasteiger partial charge in [0.25, 0.3) is 5.91 Å². The molecule has 28 heavy (non-hydrogen) atoms. The van der Waals surface area contributed by atoms with Gasteiger partial charge < -0.3 is 20.5 Å². The van der Waals surface area contributed by atoms with Crippen molar-refractivity contribution >= 4 is 29.6 Å². The number of para-hydroxylation sites is 1. The number of carbonyl (C=O) groups is 3. The highest BCUT2D eigenvalue weighted by Crippen LogP contribution is 2.28. The Kier molecular flexibility index (Phi) is 7.53. The summed E-state index contributed by atoms with van der Waals surface area (Å²) in [6.07, 6.45) is 1.31. The lowest BCUT2D eigenvalue weighted by molar-refractivity contribution is -0.137. The van der Waals surface area contributed by atoms with Crippen LogP contribution in [-0.4, -0.2) is 37.1 Å². The molecule has 3 amide bonds. The van der Waals surface area contributed by atoms with E-state index in [4.69, 9.17) is 15.2 Å². The number of ether oxygens (including phenoxy) is 2. The molecule has 2 rings (SSSR count). The third-order valence-corrected chi connectivity index (χ3v) is 3.29. The molecule has 2 aromatic rings.